The molecule has 0 atom stereocenters. The Morgan fingerprint density at radius 2 is 2.09 bits per heavy atom. The second kappa shape index (κ2) is 7.35. The van der Waals surface area contributed by atoms with Crippen LogP contribution in [0.25, 0.3) is 5.57 Å². The van der Waals surface area contributed by atoms with Crippen LogP contribution >= 0.6 is 11.8 Å². The number of hydrogen-bond acceptors (Lipinski definition) is 7. The van der Waals surface area contributed by atoms with Crippen LogP contribution in [0.3, 0.4) is 0 Å². The summed E-state index contributed by atoms with van der Waals surface area (Å²) in [6.07, 6.45) is 4.89. The number of aromatic nitrogens is 1. The Balaban J connectivity index is 2.43. The third-order valence-electron chi connectivity index (χ3n) is 3.34. The summed E-state index contributed by atoms with van der Waals surface area (Å²) in [5.74, 6) is -0.375. The van der Waals surface area contributed by atoms with Crippen molar-refractivity contribution in [3.05, 3.63) is 28.1 Å². The van der Waals surface area contributed by atoms with E-state index in [0.717, 1.165) is 47.6 Å². The van der Waals surface area contributed by atoms with Crippen LogP contribution in [-0.2, 0) is 15.2 Å². The fraction of sp³-hybridized carbons (Fsp3) is 0.500. The molecule has 0 amide bonds. The van der Waals surface area contributed by atoms with Crippen molar-refractivity contribution in [3.8, 4) is 0 Å². The van der Waals surface area contributed by atoms with E-state index < -0.39 is 17.2 Å². The maximum absolute atomic E-state index is 12.0. The smallest absolute Gasteiger partial charge is 0.429 e. The summed E-state index contributed by atoms with van der Waals surface area (Å²) in [6, 6.07) is 0. The number of thioether (sulfide) groups is 1. The number of nitrogens with zero attached hydrogens (tertiary/aromatic N) is 1. The predicted octanol–water partition coefficient (Wildman–Crippen LogP) is 3.01. The largest absolute Gasteiger partial charge is 0.461 e. The van der Waals surface area contributed by atoms with Crippen molar-refractivity contribution < 1.29 is 23.5 Å². The monoisotopic (exact) mass is 327 g/mol. The van der Waals surface area contributed by atoms with Gasteiger partial charge in [-0.3, -0.25) is 0 Å². The molecular formula is C14H17NO6S. The van der Waals surface area contributed by atoms with Gasteiger partial charge in [0, 0.05) is 5.75 Å². The Bertz CT molecular complexity index is 657. The van der Waals surface area contributed by atoms with Crippen molar-refractivity contribution in [1.82, 2.24) is 4.57 Å². The quantitative estimate of drug-likeness (QED) is 0.788. The Morgan fingerprint density at radius 1 is 1.32 bits per heavy atom. The molecule has 2 rings (SSSR count). The maximum Gasteiger partial charge on any atom is 0.429 e. The Morgan fingerprint density at radius 3 is 2.68 bits per heavy atom. The van der Waals surface area contributed by atoms with Crippen molar-refractivity contribution >= 4 is 28.7 Å². The molecule has 1 heterocycles. The number of methoxy groups -OCH3 is 2. The van der Waals surface area contributed by atoms with Crippen LogP contribution in [0.4, 0.5) is 9.59 Å². The molecular weight excluding hydrogens is 310 g/mol. The zero-order chi connectivity index (χ0) is 16.1. The third-order valence-corrected chi connectivity index (χ3v) is 4.16. The highest BCUT2D eigenvalue weighted by molar-refractivity contribution is 8.12. The number of oxazole rings is 1. The average Bonchev–Trinajstić information content (AvgIpc) is 2.89. The van der Waals surface area contributed by atoms with E-state index in [4.69, 9.17) is 4.42 Å². The van der Waals surface area contributed by atoms with Crippen LogP contribution in [0.15, 0.2) is 15.3 Å². The highest BCUT2D eigenvalue weighted by atomic mass is 32.2. The molecule has 0 saturated heterocycles. The molecule has 0 aliphatic heterocycles. The highest BCUT2D eigenvalue weighted by Gasteiger charge is 2.25. The summed E-state index contributed by atoms with van der Waals surface area (Å²) in [5.41, 5.74) is 1.20. The topological polar surface area (TPSA) is 87.7 Å². The van der Waals surface area contributed by atoms with Gasteiger partial charge in [0.05, 0.1) is 19.9 Å². The van der Waals surface area contributed by atoms with Gasteiger partial charge in [0.1, 0.15) is 0 Å². The van der Waals surface area contributed by atoms with Crippen LogP contribution < -0.4 is 5.76 Å². The molecule has 22 heavy (non-hydrogen) atoms. The predicted molar refractivity (Wildman–Crippen MR) is 80.9 cm³/mol. The van der Waals surface area contributed by atoms with Gasteiger partial charge in [0.25, 0.3) is 0 Å². The lowest BCUT2D eigenvalue weighted by atomic mass is 9.97. The Kier molecular flexibility index (Phi) is 5.48. The molecule has 0 saturated carbocycles. The SMILES string of the molecule is COC(=O)SCc1c(C2=CCCCC2)oc(=O)n1C(=O)OC. The van der Waals surface area contributed by atoms with Gasteiger partial charge in [-0.15, -0.1) is 0 Å². The van der Waals surface area contributed by atoms with Gasteiger partial charge >= 0.3 is 17.2 Å². The lowest BCUT2D eigenvalue weighted by molar-refractivity contribution is 0.170. The first-order valence-electron chi connectivity index (χ1n) is 6.81. The van der Waals surface area contributed by atoms with Gasteiger partial charge in [-0.2, -0.15) is 4.57 Å². The molecule has 0 N–H and O–H groups in total. The normalized spacial score (nSPS) is 14.4. The van der Waals surface area contributed by atoms with E-state index in [1.165, 1.54) is 14.2 Å². The molecule has 8 heteroatoms. The van der Waals surface area contributed by atoms with E-state index in [1.54, 1.807) is 0 Å². The van der Waals surface area contributed by atoms with E-state index in [-0.39, 0.29) is 5.75 Å². The van der Waals surface area contributed by atoms with Gasteiger partial charge in [-0.25, -0.2) is 14.4 Å². The van der Waals surface area contributed by atoms with Crippen LogP contribution in [0, 0.1) is 0 Å². The second-order valence-electron chi connectivity index (χ2n) is 4.67. The molecule has 120 valence electrons. The minimum absolute atomic E-state index is 0.0835. The molecule has 0 spiro atoms. The number of carbonyl (C=O) groups is 2. The maximum atomic E-state index is 12.0. The summed E-state index contributed by atoms with van der Waals surface area (Å²) in [7, 11) is 2.45. The second-order valence-corrected chi connectivity index (χ2v) is 5.58. The number of rotatable bonds is 3. The van der Waals surface area contributed by atoms with Crippen LogP contribution in [0.1, 0.15) is 37.1 Å². The van der Waals surface area contributed by atoms with Gasteiger partial charge < -0.3 is 13.9 Å². The van der Waals surface area contributed by atoms with E-state index in [2.05, 4.69) is 9.47 Å². The van der Waals surface area contributed by atoms with Gasteiger partial charge in [-0.1, -0.05) is 6.08 Å². The van der Waals surface area contributed by atoms with Gasteiger partial charge in [0.15, 0.2) is 5.76 Å². The summed E-state index contributed by atoms with van der Waals surface area (Å²) in [4.78, 5) is 35.1. The average molecular weight is 327 g/mol. The first-order valence-corrected chi connectivity index (χ1v) is 7.80. The zero-order valence-electron chi connectivity index (χ0n) is 12.4. The van der Waals surface area contributed by atoms with Gasteiger partial charge in [0.2, 0.25) is 0 Å². The molecule has 1 aromatic rings. The number of ether oxygens (including phenoxy) is 2. The summed E-state index contributed by atoms with van der Waals surface area (Å²) >= 11 is 0.847. The molecule has 0 fully saturated rings. The molecule has 0 aromatic carbocycles. The Hall–Kier alpha value is -1.96. The molecule has 0 radical (unpaired) electrons. The standard InChI is InChI=1S/C14H17NO6S/c1-19-12(16)15-10(8-22-14(18)20-2)11(21-13(15)17)9-6-4-3-5-7-9/h6H,3-5,7-8H2,1-2H3. The molecule has 7 nitrogen and oxygen atoms in total. The van der Waals surface area contributed by atoms with E-state index in [0.29, 0.717) is 11.5 Å². The fourth-order valence-corrected chi connectivity index (χ4v) is 2.92. The zero-order valence-corrected chi connectivity index (χ0v) is 13.2. The minimum Gasteiger partial charge on any atom is -0.461 e. The minimum atomic E-state index is -0.836. The van der Waals surface area contributed by atoms with Crippen molar-refractivity contribution in [2.24, 2.45) is 0 Å². The molecule has 1 aliphatic rings. The van der Waals surface area contributed by atoms with E-state index in [1.807, 2.05) is 6.08 Å². The molecule has 0 unspecified atom stereocenters. The lowest BCUT2D eigenvalue weighted by Gasteiger charge is -2.12. The van der Waals surface area contributed by atoms with Crippen molar-refractivity contribution in [1.29, 1.82) is 0 Å². The third kappa shape index (κ3) is 3.44. The highest BCUT2D eigenvalue weighted by Crippen LogP contribution is 2.30. The van der Waals surface area contributed by atoms with Crippen molar-refractivity contribution in [2.75, 3.05) is 14.2 Å². The fourth-order valence-electron chi connectivity index (χ4n) is 2.29. The number of carbonyl (C=O) groups excluding carboxylic acids is 2. The number of hydrogen-bond donors (Lipinski definition) is 0. The van der Waals surface area contributed by atoms with Crippen LogP contribution in [-0.4, -0.2) is 30.2 Å². The first-order chi connectivity index (χ1) is 10.6. The molecule has 0 bridgehead atoms. The van der Waals surface area contributed by atoms with Crippen LogP contribution in [0.5, 0.6) is 0 Å². The van der Waals surface area contributed by atoms with Crippen molar-refractivity contribution in [2.45, 2.75) is 31.4 Å². The van der Waals surface area contributed by atoms with Crippen molar-refractivity contribution in [3.63, 3.8) is 0 Å². The van der Waals surface area contributed by atoms with E-state index >= 15 is 0 Å². The van der Waals surface area contributed by atoms with E-state index in [9.17, 15) is 14.4 Å². The summed E-state index contributed by atoms with van der Waals surface area (Å²) in [5, 5.41) is -0.506. The number of allylic oxidation sites excluding steroid dienone is 2. The molecule has 1 aromatic heterocycles. The summed E-state index contributed by atoms with van der Waals surface area (Å²) < 4.78 is 15.2. The summed E-state index contributed by atoms with van der Waals surface area (Å²) in [6.45, 7) is 0. The van der Waals surface area contributed by atoms with Crippen LogP contribution in [0.2, 0.25) is 0 Å². The molecule has 1 aliphatic carbocycles. The Labute approximate surface area is 131 Å². The first kappa shape index (κ1) is 16.4. The van der Waals surface area contributed by atoms with Gasteiger partial charge in [-0.05, 0) is 43.0 Å². The lowest BCUT2D eigenvalue weighted by Crippen LogP contribution is -2.25.